The molecule has 0 spiro atoms. The summed E-state index contributed by atoms with van der Waals surface area (Å²) in [6, 6.07) is 1.94. The highest BCUT2D eigenvalue weighted by atomic mass is 15.1. The van der Waals surface area contributed by atoms with Crippen LogP contribution in [0.15, 0.2) is 29.4 Å². The fourth-order valence-electron chi connectivity index (χ4n) is 0.889. The number of allylic oxidation sites excluding steroid dienone is 4. The minimum Gasteiger partial charge on any atom is -0.193 e. The van der Waals surface area contributed by atoms with E-state index in [2.05, 4.69) is 22.2 Å². The van der Waals surface area contributed by atoms with Gasteiger partial charge in [0.15, 0.2) is 0 Å². The van der Waals surface area contributed by atoms with Gasteiger partial charge in [-0.15, -0.1) is 0 Å². The molecule has 0 aliphatic carbocycles. The molecule has 0 amide bonds. The predicted octanol–water partition coefficient (Wildman–Crippen LogP) is 3.49. The summed E-state index contributed by atoms with van der Waals surface area (Å²) in [4.78, 5) is 2.66. The summed E-state index contributed by atoms with van der Waals surface area (Å²) in [6.07, 6.45) is 11.2. The van der Waals surface area contributed by atoms with Gasteiger partial charge in [-0.2, -0.15) is 5.26 Å². The fourth-order valence-corrected chi connectivity index (χ4v) is 0.889. The number of azide groups is 1. The Kier molecular flexibility index (Phi) is 9.89. The van der Waals surface area contributed by atoms with Gasteiger partial charge in [0.1, 0.15) is 0 Å². The first-order valence-electron chi connectivity index (χ1n) is 4.62. The molecule has 0 saturated carbocycles. The van der Waals surface area contributed by atoms with Crippen LogP contribution in [0.1, 0.15) is 25.7 Å². The molecule has 74 valence electrons. The molecule has 0 rings (SSSR count). The van der Waals surface area contributed by atoms with E-state index in [-0.39, 0.29) is 0 Å². The van der Waals surface area contributed by atoms with Crippen molar-refractivity contribution in [2.75, 3.05) is 6.54 Å². The number of rotatable bonds is 7. The van der Waals surface area contributed by atoms with Crippen molar-refractivity contribution in [2.45, 2.75) is 25.7 Å². The zero-order valence-corrected chi connectivity index (χ0v) is 8.13. The van der Waals surface area contributed by atoms with Crippen molar-refractivity contribution >= 4 is 0 Å². The van der Waals surface area contributed by atoms with Crippen molar-refractivity contribution < 1.29 is 0 Å². The summed E-state index contributed by atoms with van der Waals surface area (Å²) in [5.41, 5.74) is 8.00. The maximum Gasteiger partial charge on any atom is 0.0908 e. The number of hydrogen-bond acceptors (Lipinski definition) is 2. The molecule has 4 nitrogen and oxygen atoms in total. The quantitative estimate of drug-likeness (QED) is 0.151. The van der Waals surface area contributed by atoms with Crippen LogP contribution in [0.25, 0.3) is 10.4 Å². The summed E-state index contributed by atoms with van der Waals surface area (Å²) in [7, 11) is 0. The molecule has 0 radical (unpaired) electrons. The molecule has 0 unspecified atom stereocenters. The highest BCUT2D eigenvalue weighted by Crippen LogP contribution is 1.96. The summed E-state index contributed by atoms with van der Waals surface area (Å²) in [6.45, 7) is 0.565. The highest BCUT2D eigenvalue weighted by molar-refractivity contribution is 5.02. The van der Waals surface area contributed by atoms with E-state index in [1.165, 1.54) is 6.08 Å². The highest BCUT2D eigenvalue weighted by Gasteiger charge is 1.80. The van der Waals surface area contributed by atoms with Crippen LogP contribution in [0.3, 0.4) is 0 Å². The Morgan fingerprint density at radius 1 is 1.21 bits per heavy atom. The first-order chi connectivity index (χ1) is 6.91. The Morgan fingerprint density at radius 2 is 1.93 bits per heavy atom. The van der Waals surface area contributed by atoms with Gasteiger partial charge in [-0.05, 0) is 31.2 Å². The zero-order chi connectivity index (χ0) is 10.5. The Labute approximate surface area is 84.2 Å². The number of hydrogen-bond donors (Lipinski definition) is 0. The third-order valence-electron chi connectivity index (χ3n) is 1.55. The predicted molar refractivity (Wildman–Crippen MR) is 56.4 cm³/mol. The van der Waals surface area contributed by atoms with Crippen LogP contribution in [0, 0.1) is 11.3 Å². The van der Waals surface area contributed by atoms with Gasteiger partial charge in [-0.25, -0.2) is 0 Å². The minimum atomic E-state index is 0.565. The molecule has 0 saturated heterocycles. The van der Waals surface area contributed by atoms with Gasteiger partial charge in [0, 0.05) is 17.5 Å². The lowest BCUT2D eigenvalue weighted by Crippen LogP contribution is -1.75. The van der Waals surface area contributed by atoms with E-state index >= 15 is 0 Å². The van der Waals surface area contributed by atoms with Crippen molar-refractivity contribution in [2.24, 2.45) is 5.11 Å². The van der Waals surface area contributed by atoms with E-state index in [1.54, 1.807) is 0 Å². The van der Waals surface area contributed by atoms with E-state index in [1.807, 2.05) is 12.1 Å². The second-order valence-corrected chi connectivity index (χ2v) is 2.68. The van der Waals surface area contributed by atoms with Gasteiger partial charge in [-0.1, -0.05) is 23.3 Å². The lowest BCUT2D eigenvalue weighted by Gasteiger charge is -1.88. The third-order valence-corrected chi connectivity index (χ3v) is 1.55. The Balaban J connectivity index is 3.24. The summed E-state index contributed by atoms with van der Waals surface area (Å²) in [5, 5.41) is 11.6. The second-order valence-electron chi connectivity index (χ2n) is 2.68. The molecule has 0 aromatic heterocycles. The molecule has 0 aromatic rings. The Morgan fingerprint density at radius 3 is 2.64 bits per heavy atom. The average Bonchev–Trinajstić information content (AvgIpc) is 2.21. The lowest BCUT2D eigenvalue weighted by atomic mass is 10.2. The van der Waals surface area contributed by atoms with Crippen LogP contribution in [0.4, 0.5) is 0 Å². The largest absolute Gasteiger partial charge is 0.193 e. The number of nitriles is 1. The van der Waals surface area contributed by atoms with E-state index in [9.17, 15) is 0 Å². The minimum absolute atomic E-state index is 0.565. The average molecular weight is 190 g/mol. The molecule has 0 aliphatic heterocycles. The van der Waals surface area contributed by atoms with Crippen molar-refractivity contribution in [3.8, 4) is 6.07 Å². The van der Waals surface area contributed by atoms with E-state index < -0.39 is 0 Å². The molecule has 0 fully saturated rings. The molecule has 0 bridgehead atoms. The van der Waals surface area contributed by atoms with Crippen LogP contribution < -0.4 is 0 Å². The van der Waals surface area contributed by atoms with E-state index in [0.717, 1.165) is 25.7 Å². The van der Waals surface area contributed by atoms with Gasteiger partial charge in [0.2, 0.25) is 0 Å². The molecule has 0 heterocycles. The molecule has 14 heavy (non-hydrogen) atoms. The van der Waals surface area contributed by atoms with Crippen LogP contribution >= 0.6 is 0 Å². The van der Waals surface area contributed by atoms with Crippen LogP contribution in [0.2, 0.25) is 0 Å². The molecular weight excluding hydrogens is 176 g/mol. The molecule has 0 aromatic carbocycles. The second kappa shape index (κ2) is 11.3. The standard InChI is InChI=1S/C10H14N4/c11-9-7-5-3-1-2-4-6-8-10-13-14-12/h2,4-5,7H,1,3,6,8,10H2/b4-2-,7-5+. The van der Waals surface area contributed by atoms with Gasteiger partial charge < -0.3 is 0 Å². The van der Waals surface area contributed by atoms with Crippen molar-refractivity contribution in [1.29, 1.82) is 5.26 Å². The fraction of sp³-hybridized carbons (Fsp3) is 0.500. The topological polar surface area (TPSA) is 72.5 Å². The van der Waals surface area contributed by atoms with E-state index in [0.29, 0.717) is 6.54 Å². The maximum atomic E-state index is 8.19. The molecule has 0 atom stereocenters. The summed E-state index contributed by atoms with van der Waals surface area (Å²) < 4.78 is 0. The Hall–Kier alpha value is -1.72. The van der Waals surface area contributed by atoms with Gasteiger partial charge in [-0.3, -0.25) is 0 Å². The monoisotopic (exact) mass is 190 g/mol. The van der Waals surface area contributed by atoms with Crippen molar-refractivity contribution in [1.82, 2.24) is 0 Å². The number of unbranched alkanes of at least 4 members (excludes halogenated alkanes) is 2. The van der Waals surface area contributed by atoms with Crippen LogP contribution in [-0.2, 0) is 0 Å². The van der Waals surface area contributed by atoms with Crippen LogP contribution in [-0.4, -0.2) is 6.54 Å². The first kappa shape index (κ1) is 12.3. The van der Waals surface area contributed by atoms with Gasteiger partial charge in [0.05, 0.1) is 6.07 Å². The normalized spacial score (nSPS) is 10.2. The van der Waals surface area contributed by atoms with Crippen LogP contribution in [0.5, 0.6) is 0 Å². The molecule has 0 aliphatic rings. The number of nitrogens with zero attached hydrogens (tertiary/aromatic N) is 4. The molecule has 0 N–H and O–H groups in total. The van der Waals surface area contributed by atoms with E-state index in [4.69, 9.17) is 10.8 Å². The molecule has 4 heteroatoms. The van der Waals surface area contributed by atoms with Crippen molar-refractivity contribution in [3.63, 3.8) is 0 Å². The van der Waals surface area contributed by atoms with Gasteiger partial charge >= 0.3 is 0 Å². The summed E-state index contributed by atoms with van der Waals surface area (Å²) in [5.74, 6) is 0. The maximum absolute atomic E-state index is 8.19. The third kappa shape index (κ3) is 10.3. The smallest absolute Gasteiger partial charge is 0.0908 e. The zero-order valence-electron chi connectivity index (χ0n) is 8.13. The molecular formula is C10H14N4. The first-order valence-corrected chi connectivity index (χ1v) is 4.62. The van der Waals surface area contributed by atoms with Crippen molar-refractivity contribution in [3.05, 3.63) is 34.7 Å². The van der Waals surface area contributed by atoms with Gasteiger partial charge in [0.25, 0.3) is 0 Å². The summed E-state index contributed by atoms with van der Waals surface area (Å²) >= 11 is 0. The SMILES string of the molecule is N#C/C=C/CC/C=C\CCCN=[N+]=[N-]. The lowest BCUT2D eigenvalue weighted by molar-refractivity contribution is 0.844. The Bertz CT molecular complexity index is 266.